The maximum absolute atomic E-state index is 13.0. The molecule has 0 fully saturated rings. The summed E-state index contributed by atoms with van der Waals surface area (Å²) in [5.41, 5.74) is 3.51. The summed E-state index contributed by atoms with van der Waals surface area (Å²) < 4.78 is 10.8. The van der Waals surface area contributed by atoms with Crippen LogP contribution in [0.25, 0.3) is 11.4 Å². The van der Waals surface area contributed by atoms with Gasteiger partial charge in [-0.3, -0.25) is 4.79 Å². The van der Waals surface area contributed by atoms with E-state index in [1.54, 1.807) is 7.11 Å². The number of hydrogen-bond donors (Lipinski definition) is 0. The molecule has 2 heterocycles. The lowest BCUT2D eigenvalue weighted by molar-refractivity contribution is 0.0729. The number of hydrogen-bond acceptors (Lipinski definition) is 5. The van der Waals surface area contributed by atoms with Crippen molar-refractivity contribution in [2.45, 2.75) is 19.9 Å². The average Bonchev–Trinajstić information content (AvgIpc) is 2.78. The van der Waals surface area contributed by atoms with Crippen molar-refractivity contribution in [1.82, 2.24) is 14.9 Å². The molecule has 1 amide bonds. The monoisotopic (exact) mass is 389 g/mol. The van der Waals surface area contributed by atoms with Gasteiger partial charge in [0.1, 0.15) is 11.5 Å². The first-order valence-electron chi connectivity index (χ1n) is 9.70. The first-order chi connectivity index (χ1) is 14.2. The summed E-state index contributed by atoms with van der Waals surface area (Å²) in [6, 6.07) is 15.1. The molecule has 1 aliphatic rings. The van der Waals surface area contributed by atoms with Crippen LogP contribution in [-0.2, 0) is 13.0 Å². The molecule has 4 rings (SSSR count). The first kappa shape index (κ1) is 18.9. The molecular formula is C23H23N3O3. The number of fused-ring (bicyclic) bond motifs is 1. The molecule has 1 aliphatic heterocycles. The summed E-state index contributed by atoms with van der Waals surface area (Å²) in [6.45, 7) is 3.55. The summed E-state index contributed by atoms with van der Waals surface area (Å²) in [5.74, 6) is 2.08. The van der Waals surface area contributed by atoms with Crippen LogP contribution in [0.3, 0.4) is 0 Å². The minimum Gasteiger partial charge on any atom is -0.497 e. The van der Waals surface area contributed by atoms with E-state index in [1.807, 2.05) is 66.6 Å². The van der Waals surface area contributed by atoms with Crippen LogP contribution in [0.2, 0.25) is 0 Å². The van der Waals surface area contributed by atoms with E-state index < -0.39 is 0 Å². The molecule has 0 spiro atoms. The Morgan fingerprint density at radius 3 is 2.69 bits per heavy atom. The largest absolute Gasteiger partial charge is 0.497 e. The maximum atomic E-state index is 13.0. The number of carbonyl (C=O) groups is 1. The number of ether oxygens (including phenoxy) is 2. The van der Waals surface area contributed by atoms with Gasteiger partial charge in [-0.25, -0.2) is 9.97 Å². The van der Waals surface area contributed by atoms with Gasteiger partial charge < -0.3 is 14.4 Å². The van der Waals surface area contributed by atoms with Gasteiger partial charge >= 0.3 is 0 Å². The van der Waals surface area contributed by atoms with Crippen LogP contribution in [-0.4, -0.2) is 41.0 Å². The van der Waals surface area contributed by atoms with Crippen molar-refractivity contribution in [1.29, 1.82) is 0 Å². The Labute approximate surface area is 170 Å². The third-order valence-electron chi connectivity index (χ3n) is 4.99. The predicted octanol–water partition coefficient (Wildman–Crippen LogP) is 3.75. The zero-order chi connectivity index (χ0) is 20.2. The van der Waals surface area contributed by atoms with Crippen LogP contribution in [0.1, 0.15) is 28.5 Å². The van der Waals surface area contributed by atoms with E-state index in [0.29, 0.717) is 43.3 Å². The van der Waals surface area contributed by atoms with Gasteiger partial charge in [-0.05, 0) is 43.3 Å². The van der Waals surface area contributed by atoms with Crippen LogP contribution in [0.5, 0.6) is 11.5 Å². The Bertz CT molecular complexity index is 1020. The highest BCUT2D eigenvalue weighted by Crippen LogP contribution is 2.26. The van der Waals surface area contributed by atoms with Crippen molar-refractivity contribution in [3.63, 3.8) is 0 Å². The van der Waals surface area contributed by atoms with E-state index in [0.717, 1.165) is 22.6 Å². The number of para-hydroxylation sites is 1. The van der Waals surface area contributed by atoms with Gasteiger partial charge in [0.25, 0.3) is 5.91 Å². The number of methoxy groups -OCH3 is 1. The number of nitrogens with zero attached hydrogens (tertiary/aromatic N) is 3. The molecule has 29 heavy (non-hydrogen) atoms. The Morgan fingerprint density at radius 2 is 1.93 bits per heavy atom. The number of benzene rings is 2. The smallest absolute Gasteiger partial charge is 0.257 e. The molecule has 0 radical (unpaired) electrons. The third kappa shape index (κ3) is 3.92. The summed E-state index contributed by atoms with van der Waals surface area (Å²) in [6.07, 6.45) is 2.53. The van der Waals surface area contributed by atoms with Crippen LogP contribution < -0.4 is 9.47 Å². The fourth-order valence-corrected chi connectivity index (χ4v) is 3.46. The van der Waals surface area contributed by atoms with Crippen molar-refractivity contribution >= 4 is 5.91 Å². The van der Waals surface area contributed by atoms with Crippen molar-refractivity contribution < 1.29 is 14.3 Å². The van der Waals surface area contributed by atoms with Crippen LogP contribution in [0.4, 0.5) is 0 Å². The van der Waals surface area contributed by atoms with Gasteiger partial charge in [0.05, 0.1) is 25.0 Å². The van der Waals surface area contributed by atoms with Gasteiger partial charge in [0.2, 0.25) is 0 Å². The number of carbonyl (C=O) groups excluding carboxylic acids is 1. The van der Waals surface area contributed by atoms with Crippen LogP contribution in [0.15, 0.2) is 54.7 Å². The zero-order valence-electron chi connectivity index (χ0n) is 16.6. The standard InChI is InChI=1S/C23H23N3O3/c1-3-29-21-7-5-4-6-19(21)23(27)26-13-12-20-17(15-26)14-24-22(25-20)16-8-10-18(28-2)11-9-16/h4-11,14H,3,12-13,15H2,1-2H3. The van der Waals surface area contributed by atoms with Crippen molar-refractivity contribution in [2.75, 3.05) is 20.3 Å². The van der Waals surface area contributed by atoms with E-state index in [2.05, 4.69) is 4.98 Å². The van der Waals surface area contributed by atoms with Crippen molar-refractivity contribution in [2.24, 2.45) is 0 Å². The van der Waals surface area contributed by atoms with E-state index in [1.165, 1.54) is 0 Å². The minimum atomic E-state index is -0.0288. The second-order valence-corrected chi connectivity index (χ2v) is 6.80. The molecule has 0 saturated heterocycles. The molecule has 3 aromatic rings. The fraction of sp³-hybridized carbons (Fsp3) is 0.261. The van der Waals surface area contributed by atoms with E-state index in [-0.39, 0.29) is 5.91 Å². The first-order valence-corrected chi connectivity index (χ1v) is 9.70. The summed E-state index contributed by atoms with van der Waals surface area (Å²) in [7, 11) is 1.64. The van der Waals surface area contributed by atoms with Crippen LogP contribution >= 0.6 is 0 Å². The van der Waals surface area contributed by atoms with E-state index >= 15 is 0 Å². The zero-order valence-corrected chi connectivity index (χ0v) is 16.6. The average molecular weight is 389 g/mol. The Balaban J connectivity index is 1.54. The lowest BCUT2D eigenvalue weighted by Gasteiger charge is -2.28. The van der Waals surface area contributed by atoms with Crippen LogP contribution in [0, 0.1) is 0 Å². The lowest BCUT2D eigenvalue weighted by Crippen LogP contribution is -2.36. The maximum Gasteiger partial charge on any atom is 0.257 e. The minimum absolute atomic E-state index is 0.0288. The van der Waals surface area contributed by atoms with Gasteiger partial charge in [0, 0.05) is 36.8 Å². The summed E-state index contributed by atoms with van der Waals surface area (Å²) in [5, 5.41) is 0. The van der Waals surface area contributed by atoms with Gasteiger partial charge in [0.15, 0.2) is 5.82 Å². The highest BCUT2D eigenvalue weighted by atomic mass is 16.5. The molecule has 0 atom stereocenters. The fourth-order valence-electron chi connectivity index (χ4n) is 3.46. The molecule has 1 aromatic heterocycles. The highest BCUT2D eigenvalue weighted by molar-refractivity contribution is 5.97. The van der Waals surface area contributed by atoms with Gasteiger partial charge in [-0.15, -0.1) is 0 Å². The molecule has 6 nitrogen and oxygen atoms in total. The van der Waals surface area contributed by atoms with Crippen molar-refractivity contribution in [3.8, 4) is 22.9 Å². The molecule has 0 unspecified atom stereocenters. The molecule has 2 aromatic carbocycles. The molecule has 0 saturated carbocycles. The Kier molecular flexibility index (Phi) is 5.42. The molecule has 0 bridgehead atoms. The second-order valence-electron chi connectivity index (χ2n) is 6.80. The highest BCUT2D eigenvalue weighted by Gasteiger charge is 2.25. The number of amides is 1. The molecule has 6 heteroatoms. The quantitative estimate of drug-likeness (QED) is 0.665. The van der Waals surface area contributed by atoms with E-state index in [4.69, 9.17) is 14.5 Å². The predicted molar refractivity (Wildman–Crippen MR) is 110 cm³/mol. The third-order valence-corrected chi connectivity index (χ3v) is 4.99. The van der Waals surface area contributed by atoms with Gasteiger partial charge in [-0.1, -0.05) is 12.1 Å². The number of aromatic nitrogens is 2. The molecular weight excluding hydrogens is 366 g/mol. The normalized spacial score (nSPS) is 13.0. The Hall–Kier alpha value is -3.41. The summed E-state index contributed by atoms with van der Waals surface area (Å²) in [4.78, 5) is 24.1. The topological polar surface area (TPSA) is 64.5 Å². The van der Waals surface area contributed by atoms with Crippen molar-refractivity contribution in [3.05, 3.63) is 71.5 Å². The lowest BCUT2D eigenvalue weighted by atomic mass is 10.0. The number of rotatable bonds is 5. The van der Waals surface area contributed by atoms with E-state index in [9.17, 15) is 4.79 Å². The van der Waals surface area contributed by atoms with Gasteiger partial charge in [-0.2, -0.15) is 0 Å². The Morgan fingerprint density at radius 1 is 1.14 bits per heavy atom. The SMILES string of the molecule is CCOc1ccccc1C(=O)N1CCc2nc(-c3ccc(OC)cc3)ncc2C1. The molecule has 148 valence electrons. The molecule has 0 aliphatic carbocycles. The molecule has 0 N–H and O–H groups in total. The second kappa shape index (κ2) is 8.31. The summed E-state index contributed by atoms with van der Waals surface area (Å²) >= 11 is 0.